The lowest BCUT2D eigenvalue weighted by molar-refractivity contribution is 0.164. The molecule has 0 radical (unpaired) electrons. The molecule has 14 heavy (non-hydrogen) atoms. The smallest absolute Gasteiger partial charge is 0.257 e. The van der Waals surface area contributed by atoms with Gasteiger partial charge in [-0.15, -0.1) is 0 Å². The number of aromatic nitrogens is 1. The van der Waals surface area contributed by atoms with E-state index in [-0.39, 0.29) is 0 Å². The molecule has 2 heterocycles. The van der Waals surface area contributed by atoms with Crippen LogP contribution in [-0.2, 0) is 0 Å². The van der Waals surface area contributed by atoms with Gasteiger partial charge >= 0.3 is 0 Å². The molecule has 0 aliphatic carbocycles. The summed E-state index contributed by atoms with van der Waals surface area (Å²) in [4.78, 5) is 3.94. The van der Waals surface area contributed by atoms with Crippen LogP contribution in [0.25, 0.3) is 0 Å². The van der Waals surface area contributed by atoms with Crippen LogP contribution in [-0.4, -0.2) is 29.6 Å². The lowest BCUT2D eigenvalue weighted by Gasteiger charge is -2.18. The van der Waals surface area contributed by atoms with Crippen molar-refractivity contribution in [2.75, 3.05) is 13.2 Å². The average molecular weight is 215 g/mol. The fourth-order valence-corrected chi connectivity index (χ4v) is 1.35. The van der Waals surface area contributed by atoms with E-state index in [2.05, 4.69) is 10.1 Å². The first kappa shape index (κ1) is 9.08. The second-order valence-electron chi connectivity index (χ2n) is 2.60. The molecular formula is C8H7ClN2O3. The summed E-state index contributed by atoms with van der Waals surface area (Å²) in [6.07, 6.45) is 2.61. The molecule has 0 spiro atoms. The maximum absolute atomic E-state index is 8.44. The highest BCUT2D eigenvalue weighted by molar-refractivity contribution is 6.33. The van der Waals surface area contributed by atoms with E-state index in [9.17, 15) is 0 Å². The summed E-state index contributed by atoms with van der Waals surface area (Å²) in [5.74, 6) is 0.789. The molecule has 1 aliphatic rings. The Balaban J connectivity index is 2.54. The highest BCUT2D eigenvalue weighted by atomic mass is 35.5. The van der Waals surface area contributed by atoms with Gasteiger partial charge in [-0.05, 0) is 0 Å². The molecule has 0 unspecified atom stereocenters. The number of nitrogens with zero attached hydrogens (tertiary/aromatic N) is 2. The molecule has 0 fully saturated rings. The topological polar surface area (TPSA) is 63.9 Å². The summed E-state index contributed by atoms with van der Waals surface area (Å²) >= 11 is 5.84. The molecule has 1 aromatic heterocycles. The Labute approximate surface area is 84.9 Å². The number of halogens is 1. The molecule has 0 bridgehead atoms. The second kappa shape index (κ2) is 3.71. The van der Waals surface area contributed by atoms with Crippen LogP contribution in [0, 0.1) is 0 Å². The molecule has 1 aliphatic heterocycles. The predicted octanol–water partition coefficient (Wildman–Crippen LogP) is 1.31. The van der Waals surface area contributed by atoms with E-state index < -0.39 is 0 Å². The Bertz CT molecular complexity index is 381. The molecule has 1 N–H and O–H groups in total. The molecule has 0 aromatic carbocycles. The second-order valence-corrected chi connectivity index (χ2v) is 3.00. The Morgan fingerprint density at radius 2 is 2.29 bits per heavy atom. The quantitative estimate of drug-likeness (QED) is 0.435. The van der Waals surface area contributed by atoms with Crippen LogP contribution in [0.5, 0.6) is 11.6 Å². The highest BCUT2D eigenvalue weighted by Gasteiger charge is 2.19. The monoisotopic (exact) mass is 214 g/mol. The maximum Gasteiger partial charge on any atom is 0.257 e. The third kappa shape index (κ3) is 1.46. The minimum absolute atomic E-state index is 0.354. The van der Waals surface area contributed by atoms with Crippen molar-refractivity contribution in [2.45, 2.75) is 0 Å². The van der Waals surface area contributed by atoms with Gasteiger partial charge in [-0.1, -0.05) is 16.8 Å². The normalized spacial score (nSPS) is 14.6. The van der Waals surface area contributed by atoms with Crippen molar-refractivity contribution in [2.24, 2.45) is 5.16 Å². The van der Waals surface area contributed by atoms with Crippen LogP contribution < -0.4 is 9.47 Å². The van der Waals surface area contributed by atoms with E-state index >= 15 is 0 Å². The molecule has 5 nitrogen and oxygen atoms in total. The molecule has 0 saturated carbocycles. The van der Waals surface area contributed by atoms with Crippen LogP contribution >= 0.6 is 11.6 Å². The average Bonchev–Trinajstić information content (AvgIpc) is 2.23. The van der Waals surface area contributed by atoms with Gasteiger partial charge in [0.05, 0.1) is 23.0 Å². The van der Waals surface area contributed by atoms with Crippen LogP contribution in [0.1, 0.15) is 5.56 Å². The van der Waals surface area contributed by atoms with E-state index in [1.165, 1.54) is 12.4 Å². The van der Waals surface area contributed by atoms with Gasteiger partial charge in [-0.2, -0.15) is 0 Å². The molecule has 0 amide bonds. The number of rotatable bonds is 1. The number of pyridine rings is 1. The Hall–Kier alpha value is -1.49. The van der Waals surface area contributed by atoms with Crippen molar-refractivity contribution >= 4 is 17.8 Å². The van der Waals surface area contributed by atoms with Crippen LogP contribution in [0.2, 0.25) is 5.02 Å². The van der Waals surface area contributed by atoms with Gasteiger partial charge in [0.15, 0.2) is 5.75 Å². The van der Waals surface area contributed by atoms with Gasteiger partial charge in [0, 0.05) is 0 Å². The number of fused-ring (bicyclic) bond motifs is 1. The molecule has 6 heteroatoms. The molecule has 74 valence electrons. The summed E-state index contributed by atoms with van der Waals surface area (Å²) in [7, 11) is 0. The van der Waals surface area contributed by atoms with Gasteiger partial charge in [-0.3, -0.25) is 0 Å². The van der Waals surface area contributed by atoms with E-state index in [1.54, 1.807) is 0 Å². The van der Waals surface area contributed by atoms with E-state index in [0.29, 0.717) is 35.4 Å². The first-order valence-electron chi connectivity index (χ1n) is 3.94. The first-order chi connectivity index (χ1) is 6.83. The zero-order chi connectivity index (χ0) is 9.97. The fraction of sp³-hybridized carbons (Fsp3) is 0.250. The summed E-state index contributed by atoms with van der Waals surface area (Å²) < 4.78 is 10.5. The minimum atomic E-state index is 0.354. The lowest BCUT2D eigenvalue weighted by atomic mass is 10.2. The Kier molecular flexibility index (Phi) is 2.41. The minimum Gasteiger partial charge on any atom is -0.484 e. The third-order valence-corrected chi connectivity index (χ3v) is 2.05. The van der Waals surface area contributed by atoms with Crippen molar-refractivity contribution < 1.29 is 14.7 Å². The number of hydrogen-bond donors (Lipinski definition) is 1. The van der Waals surface area contributed by atoms with Crippen molar-refractivity contribution in [1.82, 2.24) is 4.98 Å². The van der Waals surface area contributed by atoms with Gasteiger partial charge in [0.1, 0.15) is 13.2 Å². The standard InChI is InChI=1S/C8H7ClN2O3/c9-6-4-10-8-7(5(6)3-11-12)13-1-2-14-8/h3-4,12H,1-2H2/b11-3+. The van der Waals surface area contributed by atoms with E-state index in [4.69, 9.17) is 26.3 Å². The molecule has 1 aromatic rings. The molecular weight excluding hydrogens is 208 g/mol. The van der Waals surface area contributed by atoms with E-state index in [1.807, 2.05) is 0 Å². The third-order valence-electron chi connectivity index (χ3n) is 1.75. The zero-order valence-corrected chi connectivity index (χ0v) is 7.86. The van der Waals surface area contributed by atoms with Crippen molar-refractivity contribution in [1.29, 1.82) is 0 Å². The molecule has 0 atom stereocenters. The van der Waals surface area contributed by atoms with Crippen LogP contribution in [0.3, 0.4) is 0 Å². The lowest BCUT2D eigenvalue weighted by Crippen LogP contribution is -2.17. The van der Waals surface area contributed by atoms with Gasteiger partial charge in [0.25, 0.3) is 5.88 Å². The SMILES string of the molecule is O/N=C/c1c(Cl)cnc2c1OCCO2. The number of hydrogen-bond acceptors (Lipinski definition) is 5. The van der Waals surface area contributed by atoms with E-state index in [0.717, 1.165) is 0 Å². The number of oxime groups is 1. The first-order valence-corrected chi connectivity index (χ1v) is 4.32. The Morgan fingerprint density at radius 1 is 1.50 bits per heavy atom. The summed E-state index contributed by atoms with van der Waals surface area (Å²) in [5, 5.41) is 11.7. The van der Waals surface area contributed by atoms with Crippen molar-refractivity contribution in [3.05, 3.63) is 16.8 Å². The largest absolute Gasteiger partial charge is 0.484 e. The summed E-state index contributed by atoms with van der Waals surface area (Å²) in [6, 6.07) is 0. The fourth-order valence-electron chi connectivity index (χ4n) is 1.17. The molecule has 2 rings (SSSR count). The van der Waals surface area contributed by atoms with Gasteiger partial charge < -0.3 is 14.7 Å². The van der Waals surface area contributed by atoms with Crippen molar-refractivity contribution in [3.8, 4) is 11.6 Å². The highest BCUT2D eigenvalue weighted by Crippen LogP contribution is 2.34. The van der Waals surface area contributed by atoms with Gasteiger partial charge in [0.2, 0.25) is 0 Å². The number of ether oxygens (including phenoxy) is 2. The Morgan fingerprint density at radius 3 is 3.07 bits per heavy atom. The molecule has 0 saturated heterocycles. The summed E-state index contributed by atoms with van der Waals surface area (Å²) in [5.41, 5.74) is 0.471. The van der Waals surface area contributed by atoms with Crippen LogP contribution in [0.15, 0.2) is 11.4 Å². The summed E-state index contributed by atoms with van der Waals surface area (Å²) in [6.45, 7) is 0.888. The maximum atomic E-state index is 8.44. The zero-order valence-electron chi connectivity index (χ0n) is 7.11. The van der Waals surface area contributed by atoms with Crippen molar-refractivity contribution in [3.63, 3.8) is 0 Å². The predicted molar refractivity (Wildman–Crippen MR) is 49.6 cm³/mol. The van der Waals surface area contributed by atoms with Gasteiger partial charge in [-0.25, -0.2) is 4.98 Å². The van der Waals surface area contributed by atoms with Crippen LogP contribution in [0.4, 0.5) is 0 Å².